The fraction of sp³-hybridized carbons (Fsp3) is 0.286. The molecule has 0 aliphatic rings. The number of aromatic amines is 1. The number of amides is 1. The molecule has 2 rings (SSSR count). The van der Waals surface area contributed by atoms with Crippen molar-refractivity contribution in [3.8, 4) is 22.8 Å². The summed E-state index contributed by atoms with van der Waals surface area (Å²) in [5.41, 5.74) is 5.77. The first kappa shape index (κ1) is 17.5. The highest BCUT2D eigenvalue weighted by atomic mass is 35.5. The molecule has 3 N–H and O–H groups in total. The van der Waals surface area contributed by atoms with Crippen molar-refractivity contribution in [2.45, 2.75) is 6.92 Å². The van der Waals surface area contributed by atoms with E-state index in [9.17, 15) is 9.59 Å². The van der Waals surface area contributed by atoms with Gasteiger partial charge in [-0.05, 0) is 13.0 Å². The number of methoxy groups -OCH3 is 1. The summed E-state index contributed by atoms with van der Waals surface area (Å²) in [6.07, 6.45) is 0. The third-order valence-electron chi connectivity index (χ3n) is 2.94. The standard InChI is InChI=1S/C14H15ClN4O5/c1-3-23-9-4-7(12-13(14(16)21)18-19-17-12)8(15)5-10(9)24-6-11(20)22-2/h4-5H,3,6H2,1-2H3,(H2,16,21)(H,17,18,19). The number of ether oxygens (including phenoxy) is 3. The summed E-state index contributed by atoms with van der Waals surface area (Å²) in [4.78, 5) is 22.6. The Morgan fingerprint density at radius 2 is 1.96 bits per heavy atom. The number of rotatable bonds is 7. The first-order chi connectivity index (χ1) is 11.5. The van der Waals surface area contributed by atoms with Gasteiger partial charge in [0.2, 0.25) is 0 Å². The molecule has 0 aliphatic carbocycles. The van der Waals surface area contributed by atoms with Crippen molar-refractivity contribution in [1.29, 1.82) is 0 Å². The van der Waals surface area contributed by atoms with Crippen molar-refractivity contribution in [3.05, 3.63) is 22.8 Å². The Kier molecular flexibility index (Phi) is 5.59. The minimum atomic E-state index is -0.751. The van der Waals surface area contributed by atoms with Gasteiger partial charge in [-0.25, -0.2) is 4.79 Å². The molecule has 128 valence electrons. The smallest absolute Gasteiger partial charge is 0.343 e. The van der Waals surface area contributed by atoms with Crippen LogP contribution in [0.15, 0.2) is 12.1 Å². The van der Waals surface area contributed by atoms with E-state index in [4.69, 9.17) is 26.8 Å². The van der Waals surface area contributed by atoms with Gasteiger partial charge in [0.05, 0.1) is 18.7 Å². The number of hydrogen-bond donors (Lipinski definition) is 2. The van der Waals surface area contributed by atoms with Crippen molar-refractivity contribution in [2.75, 3.05) is 20.3 Å². The minimum absolute atomic E-state index is 0.0532. The highest BCUT2D eigenvalue weighted by Gasteiger charge is 2.21. The average molecular weight is 355 g/mol. The SMILES string of the molecule is CCOc1cc(-c2n[nH]nc2C(N)=O)c(Cl)cc1OCC(=O)OC. The first-order valence-corrected chi connectivity index (χ1v) is 7.22. The van der Waals surface area contributed by atoms with Crippen LogP contribution in [0.4, 0.5) is 0 Å². The van der Waals surface area contributed by atoms with Gasteiger partial charge in [-0.1, -0.05) is 11.6 Å². The summed E-state index contributed by atoms with van der Waals surface area (Å²) in [5.74, 6) is -0.733. The predicted octanol–water partition coefficient (Wildman–Crippen LogP) is 1.17. The number of benzene rings is 1. The lowest BCUT2D eigenvalue weighted by atomic mass is 10.1. The maximum Gasteiger partial charge on any atom is 0.343 e. The lowest BCUT2D eigenvalue weighted by Gasteiger charge is -2.13. The number of nitrogens with one attached hydrogen (secondary N) is 1. The monoisotopic (exact) mass is 354 g/mol. The zero-order chi connectivity index (χ0) is 17.7. The third-order valence-corrected chi connectivity index (χ3v) is 3.26. The maximum atomic E-state index is 11.4. The second kappa shape index (κ2) is 7.64. The van der Waals surface area contributed by atoms with Gasteiger partial charge in [-0.3, -0.25) is 4.79 Å². The van der Waals surface area contributed by atoms with Crippen LogP contribution in [0.1, 0.15) is 17.4 Å². The zero-order valence-electron chi connectivity index (χ0n) is 13.0. The predicted molar refractivity (Wildman–Crippen MR) is 84.0 cm³/mol. The van der Waals surface area contributed by atoms with Gasteiger partial charge in [0.1, 0.15) is 5.69 Å². The van der Waals surface area contributed by atoms with Crippen LogP contribution in [0, 0.1) is 0 Å². The summed E-state index contributed by atoms with van der Waals surface area (Å²) in [5, 5.41) is 10.1. The van der Waals surface area contributed by atoms with Crippen LogP contribution in [0.2, 0.25) is 5.02 Å². The Balaban J connectivity index is 2.44. The van der Waals surface area contributed by atoms with Gasteiger partial charge in [-0.15, -0.1) is 0 Å². The van der Waals surface area contributed by atoms with Gasteiger partial charge in [0, 0.05) is 11.6 Å². The molecule has 1 amide bonds. The van der Waals surface area contributed by atoms with E-state index in [1.165, 1.54) is 19.2 Å². The van der Waals surface area contributed by atoms with E-state index >= 15 is 0 Å². The van der Waals surface area contributed by atoms with E-state index < -0.39 is 11.9 Å². The van der Waals surface area contributed by atoms with Crippen LogP contribution in [-0.4, -0.2) is 47.6 Å². The zero-order valence-corrected chi connectivity index (χ0v) is 13.7. The Bertz CT molecular complexity index is 762. The van der Waals surface area contributed by atoms with Gasteiger partial charge in [0.15, 0.2) is 23.8 Å². The summed E-state index contributed by atoms with van der Waals surface area (Å²) in [7, 11) is 1.25. The molecular weight excluding hydrogens is 340 g/mol. The summed E-state index contributed by atoms with van der Waals surface area (Å²) >= 11 is 6.23. The fourth-order valence-electron chi connectivity index (χ4n) is 1.88. The number of nitrogens with zero attached hydrogens (tertiary/aromatic N) is 2. The largest absolute Gasteiger partial charge is 0.490 e. The molecule has 0 aliphatic heterocycles. The normalized spacial score (nSPS) is 10.3. The van der Waals surface area contributed by atoms with Crippen molar-refractivity contribution in [2.24, 2.45) is 5.73 Å². The van der Waals surface area contributed by atoms with Crippen LogP contribution < -0.4 is 15.2 Å². The molecule has 24 heavy (non-hydrogen) atoms. The molecule has 0 fully saturated rings. The number of primary amides is 1. The van der Waals surface area contributed by atoms with Crippen LogP contribution in [-0.2, 0) is 9.53 Å². The lowest BCUT2D eigenvalue weighted by Crippen LogP contribution is -2.14. The van der Waals surface area contributed by atoms with Gasteiger partial charge < -0.3 is 19.9 Å². The maximum absolute atomic E-state index is 11.4. The second-order valence-electron chi connectivity index (χ2n) is 4.46. The van der Waals surface area contributed by atoms with Crippen molar-refractivity contribution in [1.82, 2.24) is 15.4 Å². The number of aromatic nitrogens is 3. The number of carbonyl (C=O) groups excluding carboxylic acids is 2. The van der Waals surface area contributed by atoms with Crippen LogP contribution >= 0.6 is 11.6 Å². The second-order valence-corrected chi connectivity index (χ2v) is 4.87. The van der Waals surface area contributed by atoms with Crippen LogP contribution in [0.5, 0.6) is 11.5 Å². The molecule has 2 aromatic rings. The highest BCUT2D eigenvalue weighted by molar-refractivity contribution is 6.33. The van der Waals surface area contributed by atoms with E-state index in [1.54, 1.807) is 6.92 Å². The molecule has 0 saturated carbocycles. The van der Waals surface area contributed by atoms with Gasteiger partial charge >= 0.3 is 5.97 Å². The Hall–Kier alpha value is -2.81. The molecule has 0 radical (unpaired) electrons. The van der Waals surface area contributed by atoms with Gasteiger partial charge in [0.25, 0.3) is 5.91 Å². The Morgan fingerprint density at radius 1 is 1.25 bits per heavy atom. The van der Waals surface area contributed by atoms with E-state index in [0.717, 1.165) is 0 Å². The molecule has 0 bridgehead atoms. The number of halogens is 1. The molecule has 0 saturated heterocycles. The molecule has 1 aromatic carbocycles. The first-order valence-electron chi connectivity index (χ1n) is 6.84. The molecule has 0 atom stereocenters. The van der Waals surface area contributed by atoms with Crippen LogP contribution in [0.25, 0.3) is 11.3 Å². The molecule has 1 heterocycles. The van der Waals surface area contributed by atoms with Crippen molar-refractivity contribution in [3.63, 3.8) is 0 Å². The lowest BCUT2D eigenvalue weighted by molar-refractivity contribution is -0.142. The van der Waals surface area contributed by atoms with Gasteiger partial charge in [-0.2, -0.15) is 15.4 Å². The van der Waals surface area contributed by atoms with E-state index in [0.29, 0.717) is 17.9 Å². The minimum Gasteiger partial charge on any atom is -0.490 e. The van der Waals surface area contributed by atoms with E-state index in [-0.39, 0.29) is 28.8 Å². The Labute approximate surface area is 142 Å². The molecule has 0 spiro atoms. The quantitative estimate of drug-likeness (QED) is 0.714. The molecule has 0 unspecified atom stereocenters. The van der Waals surface area contributed by atoms with E-state index in [2.05, 4.69) is 20.1 Å². The number of hydrogen-bond acceptors (Lipinski definition) is 7. The van der Waals surface area contributed by atoms with E-state index in [1.807, 2.05) is 0 Å². The van der Waals surface area contributed by atoms with Crippen molar-refractivity contribution < 1.29 is 23.8 Å². The number of carbonyl (C=O) groups is 2. The van der Waals surface area contributed by atoms with Crippen LogP contribution in [0.3, 0.4) is 0 Å². The molecule has 10 heteroatoms. The molecular formula is C14H15ClN4O5. The summed E-state index contributed by atoms with van der Waals surface area (Å²) < 4.78 is 15.4. The topological polar surface area (TPSA) is 129 Å². The molecule has 9 nitrogen and oxygen atoms in total. The highest BCUT2D eigenvalue weighted by Crippen LogP contribution is 2.38. The summed E-state index contributed by atoms with van der Waals surface area (Å²) in [6, 6.07) is 2.98. The molecule has 1 aromatic heterocycles. The summed E-state index contributed by atoms with van der Waals surface area (Å²) in [6.45, 7) is 1.82. The number of H-pyrrole nitrogens is 1. The fourth-order valence-corrected chi connectivity index (χ4v) is 2.13. The number of nitrogens with two attached hydrogens (primary N) is 1. The average Bonchev–Trinajstić information content (AvgIpc) is 3.04. The third kappa shape index (κ3) is 3.74. The Morgan fingerprint density at radius 3 is 2.58 bits per heavy atom. The van der Waals surface area contributed by atoms with Crippen molar-refractivity contribution >= 4 is 23.5 Å². The number of esters is 1.